The Bertz CT molecular complexity index is 427. The fraction of sp³-hybridized carbons (Fsp3) is 0.667. The molecular formula is C18H29NO. The number of rotatable bonds is 5. The van der Waals surface area contributed by atoms with Crippen LogP contribution in [0, 0.1) is 11.3 Å². The summed E-state index contributed by atoms with van der Waals surface area (Å²) in [5.41, 5.74) is 7.80. The zero-order chi connectivity index (χ0) is 14.6. The molecule has 2 unspecified atom stereocenters. The molecule has 0 amide bonds. The van der Waals surface area contributed by atoms with E-state index in [9.17, 15) is 0 Å². The smallest absolute Gasteiger partial charge is 0.122 e. The number of para-hydroxylation sites is 1. The second-order valence-corrected chi connectivity index (χ2v) is 6.90. The second-order valence-electron chi connectivity index (χ2n) is 6.90. The summed E-state index contributed by atoms with van der Waals surface area (Å²) in [7, 11) is 0. The molecule has 1 aromatic rings. The predicted molar refractivity (Wildman–Crippen MR) is 85.1 cm³/mol. The zero-order valence-corrected chi connectivity index (χ0v) is 13.2. The fourth-order valence-corrected chi connectivity index (χ4v) is 3.42. The Morgan fingerprint density at radius 3 is 2.75 bits per heavy atom. The molecule has 2 N–H and O–H groups in total. The molecule has 1 aromatic carbocycles. The molecule has 2 heteroatoms. The highest BCUT2D eigenvalue weighted by atomic mass is 16.5. The van der Waals surface area contributed by atoms with Crippen LogP contribution in [0.25, 0.3) is 0 Å². The van der Waals surface area contributed by atoms with Gasteiger partial charge in [-0.15, -0.1) is 0 Å². The number of hydrogen-bond acceptors (Lipinski definition) is 2. The Kier molecular flexibility index (Phi) is 5.09. The zero-order valence-electron chi connectivity index (χ0n) is 13.2. The quantitative estimate of drug-likeness (QED) is 0.867. The van der Waals surface area contributed by atoms with Crippen molar-refractivity contribution < 1.29 is 4.74 Å². The Hall–Kier alpha value is -1.02. The van der Waals surface area contributed by atoms with Gasteiger partial charge in [-0.2, -0.15) is 0 Å². The monoisotopic (exact) mass is 275 g/mol. The van der Waals surface area contributed by atoms with Crippen molar-refractivity contribution >= 4 is 0 Å². The van der Waals surface area contributed by atoms with Crippen LogP contribution in [0.1, 0.15) is 57.9 Å². The number of ether oxygens (including phenoxy) is 1. The van der Waals surface area contributed by atoms with Crippen molar-refractivity contribution in [2.45, 2.75) is 52.4 Å². The minimum Gasteiger partial charge on any atom is -0.493 e. The molecule has 0 spiro atoms. The minimum atomic E-state index is 0.411. The van der Waals surface area contributed by atoms with Gasteiger partial charge in [-0.05, 0) is 61.1 Å². The van der Waals surface area contributed by atoms with Gasteiger partial charge in [0.05, 0.1) is 6.61 Å². The Labute approximate surface area is 123 Å². The van der Waals surface area contributed by atoms with Crippen LogP contribution in [-0.4, -0.2) is 13.2 Å². The molecule has 2 atom stereocenters. The van der Waals surface area contributed by atoms with Crippen molar-refractivity contribution in [2.75, 3.05) is 13.2 Å². The van der Waals surface area contributed by atoms with Gasteiger partial charge in [0.1, 0.15) is 5.75 Å². The molecular weight excluding hydrogens is 246 g/mol. The van der Waals surface area contributed by atoms with Gasteiger partial charge < -0.3 is 10.5 Å². The molecule has 112 valence electrons. The van der Waals surface area contributed by atoms with Crippen molar-refractivity contribution in [1.82, 2.24) is 0 Å². The Morgan fingerprint density at radius 2 is 2.05 bits per heavy atom. The highest BCUT2D eigenvalue weighted by molar-refractivity contribution is 5.37. The van der Waals surface area contributed by atoms with E-state index in [0.717, 1.165) is 25.3 Å². The summed E-state index contributed by atoms with van der Waals surface area (Å²) in [4.78, 5) is 0. The summed E-state index contributed by atoms with van der Waals surface area (Å²) in [5.74, 6) is 2.20. The summed E-state index contributed by atoms with van der Waals surface area (Å²) >= 11 is 0. The van der Waals surface area contributed by atoms with Gasteiger partial charge in [0.15, 0.2) is 0 Å². The number of benzene rings is 1. The summed E-state index contributed by atoms with van der Waals surface area (Å²) < 4.78 is 5.96. The van der Waals surface area contributed by atoms with Crippen LogP contribution in [-0.2, 0) is 0 Å². The molecule has 0 bridgehead atoms. The van der Waals surface area contributed by atoms with Crippen molar-refractivity contribution in [3.05, 3.63) is 29.8 Å². The van der Waals surface area contributed by atoms with Gasteiger partial charge in [-0.1, -0.05) is 39.0 Å². The highest BCUT2D eigenvalue weighted by Crippen LogP contribution is 2.48. The van der Waals surface area contributed by atoms with Gasteiger partial charge >= 0.3 is 0 Å². The van der Waals surface area contributed by atoms with Crippen LogP contribution in [0.3, 0.4) is 0 Å². The van der Waals surface area contributed by atoms with Crippen LogP contribution in [0.2, 0.25) is 0 Å². The maximum Gasteiger partial charge on any atom is 0.122 e. The minimum absolute atomic E-state index is 0.411. The van der Waals surface area contributed by atoms with E-state index >= 15 is 0 Å². The number of hydrogen-bond donors (Lipinski definition) is 1. The summed E-state index contributed by atoms with van der Waals surface area (Å²) in [6.07, 6.45) is 4.77. The normalized spacial score (nSPS) is 25.4. The predicted octanol–water partition coefficient (Wildman–Crippen LogP) is 4.34. The van der Waals surface area contributed by atoms with Crippen molar-refractivity contribution in [2.24, 2.45) is 17.1 Å². The maximum atomic E-state index is 6.03. The molecule has 20 heavy (non-hydrogen) atoms. The Balaban J connectivity index is 2.27. The second kappa shape index (κ2) is 6.62. The van der Waals surface area contributed by atoms with Crippen LogP contribution in [0.5, 0.6) is 5.75 Å². The van der Waals surface area contributed by atoms with Gasteiger partial charge in [0.2, 0.25) is 0 Å². The molecule has 0 heterocycles. The first-order valence-electron chi connectivity index (χ1n) is 7.99. The topological polar surface area (TPSA) is 35.2 Å². The third-order valence-electron chi connectivity index (χ3n) is 4.62. The third kappa shape index (κ3) is 3.54. The average Bonchev–Trinajstić information content (AvgIpc) is 2.44. The molecule has 0 radical (unpaired) electrons. The van der Waals surface area contributed by atoms with Gasteiger partial charge in [0, 0.05) is 0 Å². The SMILES string of the molecule is CCCOc1ccccc1C1CC(C)(C)CCC1CN. The lowest BCUT2D eigenvalue weighted by Crippen LogP contribution is -2.32. The van der Waals surface area contributed by atoms with Crippen LogP contribution in [0.15, 0.2) is 24.3 Å². The lowest BCUT2D eigenvalue weighted by Gasteiger charge is -2.41. The first-order valence-corrected chi connectivity index (χ1v) is 7.99. The molecule has 1 aliphatic carbocycles. The van der Waals surface area contributed by atoms with E-state index in [0.29, 0.717) is 17.3 Å². The standard InChI is InChI=1S/C18H29NO/c1-4-11-20-17-8-6-5-7-15(17)16-12-18(2,3)10-9-14(16)13-19/h5-8,14,16H,4,9-13,19H2,1-3H3. The fourth-order valence-electron chi connectivity index (χ4n) is 3.42. The van der Waals surface area contributed by atoms with E-state index in [1.54, 1.807) is 0 Å². The van der Waals surface area contributed by atoms with Crippen LogP contribution in [0.4, 0.5) is 0 Å². The molecule has 1 fully saturated rings. The van der Waals surface area contributed by atoms with Crippen molar-refractivity contribution in [3.63, 3.8) is 0 Å². The van der Waals surface area contributed by atoms with Gasteiger partial charge in [-0.25, -0.2) is 0 Å². The summed E-state index contributed by atoms with van der Waals surface area (Å²) in [6, 6.07) is 8.54. The molecule has 0 aromatic heterocycles. The first kappa shape index (κ1) is 15.4. The van der Waals surface area contributed by atoms with Gasteiger partial charge in [-0.3, -0.25) is 0 Å². The van der Waals surface area contributed by atoms with E-state index in [2.05, 4.69) is 45.0 Å². The summed E-state index contributed by atoms with van der Waals surface area (Å²) in [6.45, 7) is 8.47. The van der Waals surface area contributed by atoms with E-state index in [4.69, 9.17) is 10.5 Å². The largest absolute Gasteiger partial charge is 0.493 e. The van der Waals surface area contributed by atoms with E-state index in [1.807, 2.05) is 0 Å². The highest BCUT2D eigenvalue weighted by Gasteiger charge is 2.36. The lowest BCUT2D eigenvalue weighted by molar-refractivity contribution is 0.162. The molecule has 1 aliphatic rings. The third-order valence-corrected chi connectivity index (χ3v) is 4.62. The summed E-state index contributed by atoms with van der Waals surface area (Å²) in [5, 5.41) is 0. The Morgan fingerprint density at radius 1 is 1.30 bits per heavy atom. The maximum absolute atomic E-state index is 6.03. The average molecular weight is 275 g/mol. The molecule has 0 aliphatic heterocycles. The molecule has 0 saturated heterocycles. The van der Waals surface area contributed by atoms with Crippen molar-refractivity contribution in [1.29, 1.82) is 0 Å². The van der Waals surface area contributed by atoms with E-state index in [1.165, 1.54) is 24.8 Å². The molecule has 2 nitrogen and oxygen atoms in total. The molecule has 1 saturated carbocycles. The van der Waals surface area contributed by atoms with E-state index < -0.39 is 0 Å². The van der Waals surface area contributed by atoms with Crippen LogP contribution >= 0.6 is 0 Å². The lowest BCUT2D eigenvalue weighted by atomic mass is 9.65. The molecule has 2 rings (SSSR count). The van der Waals surface area contributed by atoms with Crippen LogP contribution < -0.4 is 10.5 Å². The van der Waals surface area contributed by atoms with E-state index in [-0.39, 0.29) is 0 Å². The number of nitrogens with two attached hydrogens (primary N) is 1. The van der Waals surface area contributed by atoms with Gasteiger partial charge in [0.25, 0.3) is 0 Å². The van der Waals surface area contributed by atoms with Crippen molar-refractivity contribution in [3.8, 4) is 5.75 Å². The first-order chi connectivity index (χ1) is 9.57.